The molecule has 0 heterocycles. The lowest BCUT2D eigenvalue weighted by Gasteiger charge is -2.22. The normalized spacial score (nSPS) is 14.8. The van der Waals surface area contributed by atoms with E-state index in [2.05, 4.69) is 20.5 Å². The van der Waals surface area contributed by atoms with Crippen molar-refractivity contribution < 1.29 is 9.13 Å². The Kier molecular flexibility index (Phi) is 8.15. The fraction of sp³-hybridized carbons (Fsp3) is 0.632. The molecule has 0 spiro atoms. The van der Waals surface area contributed by atoms with Crippen LogP contribution < -0.4 is 10.6 Å². The maximum Gasteiger partial charge on any atom is 0.191 e. The minimum Gasteiger partial charge on any atom is -0.383 e. The second kappa shape index (κ2) is 10.4. The van der Waals surface area contributed by atoms with Crippen LogP contribution in [-0.2, 0) is 11.2 Å². The molecule has 0 saturated heterocycles. The fourth-order valence-electron chi connectivity index (χ4n) is 2.92. The molecule has 1 aromatic rings. The molecular weight excluding hydrogens is 319 g/mol. The molecule has 1 aliphatic carbocycles. The van der Waals surface area contributed by atoms with Gasteiger partial charge in [-0.15, -0.1) is 0 Å². The third kappa shape index (κ3) is 7.00. The van der Waals surface area contributed by atoms with E-state index in [-0.39, 0.29) is 5.82 Å². The van der Waals surface area contributed by atoms with Gasteiger partial charge in [-0.2, -0.15) is 0 Å². The Morgan fingerprint density at radius 1 is 1.28 bits per heavy atom. The first-order chi connectivity index (χ1) is 12.1. The number of rotatable bonds is 10. The topological polar surface area (TPSA) is 48.9 Å². The number of benzene rings is 1. The van der Waals surface area contributed by atoms with Crippen molar-refractivity contribution in [1.82, 2.24) is 15.5 Å². The number of guanidine groups is 1. The number of aliphatic imine (C=N–C) groups is 1. The fourth-order valence-corrected chi connectivity index (χ4v) is 2.92. The summed E-state index contributed by atoms with van der Waals surface area (Å²) in [5.41, 5.74) is 2.15. The summed E-state index contributed by atoms with van der Waals surface area (Å²) in [6.45, 7) is 6.32. The number of aryl methyl sites for hydroxylation is 1. The SMILES string of the molecule is CN=C(NCCc1ccc(F)cc1C)NCCN(CCOC)C1CC1. The lowest BCUT2D eigenvalue weighted by atomic mass is 10.1. The van der Waals surface area contributed by atoms with Crippen LogP contribution in [0.25, 0.3) is 0 Å². The van der Waals surface area contributed by atoms with E-state index in [4.69, 9.17) is 4.74 Å². The average molecular weight is 350 g/mol. The number of methoxy groups -OCH3 is 1. The van der Waals surface area contributed by atoms with Crippen molar-refractivity contribution in [3.05, 3.63) is 35.1 Å². The van der Waals surface area contributed by atoms with Gasteiger partial charge in [0.25, 0.3) is 0 Å². The van der Waals surface area contributed by atoms with Crippen LogP contribution in [0.1, 0.15) is 24.0 Å². The molecule has 0 unspecified atom stereocenters. The smallest absolute Gasteiger partial charge is 0.191 e. The van der Waals surface area contributed by atoms with Gasteiger partial charge in [0.1, 0.15) is 5.82 Å². The molecule has 2 rings (SSSR count). The first-order valence-corrected chi connectivity index (χ1v) is 9.06. The van der Waals surface area contributed by atoms with E-state index < -0.39 is 0 Å². The van der Waals surface area contributed by atoms with Crippen molar-refractivity contribution in [3.8, 4) is 0 Å². The zero-order valence-electron chi connectivity index (χ0n) is 15.6. The molecule has 1 aliphatic rings. The Balaban J connectivity index is 1.67. The molecule has 0 aliphatic heterocycles. The molecule has 5 nitrogen and oxygen atoms in total. The van der Waals surface area contributed by atoms with Crippen molar-refractivity contribution >= 4 is 5.96 Å². The predicted octanol–water partition coefficient (Wildman–Crippen LogP) is 1.95. The lowest BCUT2D eigenvalue weighted by molar-refractivity contribution is 0.144. The molecule has 2 N–H and O–H groups in total. The minimum absolute atomic E-state index is 0.180. The molecule has 6 heteroatoms. The molecule has 0 amide bonds. The third-order valence-electron chi connectivity index (χ3n) is 4.55. The molecule has 0 radical (unpaired) electrons. The lowest BCUT2D eigenvalue weighted by Crippen LogP contribution is -2.43. The molecular formula is C19H31FN4O. The largest absolute Gasteiger partial charge is 0.383 e. The number of nitrogens with one attached hydrogen (secondary N) is 2. The van der Waals surface area contributed by atoms with Crippen molar-refractivity contribution in [2.75, 3.05) is 46.9 Å². The van der Waals surface area contributed by atoms with Crippen LogP contribution in [0.4, 0.5) is 4.39 Å². The van der Waals surface area contributed by atoms with Gasteiger partial charge in [-0.05, 0) is 49.4 Å². The van der Waals surface area contributed by atoms with Crippen LogP contribution in [0.2, 0.25) is 0 Å². The summed E-state index contributed by atoms with van der Waals surface area (Å²) < 4.78 is 18.3. The van der Waals surface area contributed by atoms with E-state index in [0.717, 1.165) is 62.3 Å². The van der Waals surface area contributed by atoms with Crippen LogP contribution in [-0.4, -0.2) is 63.8 Å². The van der Waals surface area contributed by atoms with Crippen LogP contribution in [0.15, 0.2) is 23.2 Å². The van der Waals surface area contributed by atoms with E-state index >= 15 is 0 Å². The third-order valence-corrected chi connectivity index (χ3v) is 4.55. The number of hydrogen-bond donors (Lipinski definition) is 2. The Morgan fingerprint density at radius 2 is 2.04 bits per heavy atom. The quantitative estimate of drug-likeness (QED) is 0.500. The van der Waals surface area contributed by atoms with Gasteiger partial charge in [0, 0.05) is 46.4 Å². The summed E-state index contributed by atoms with van der Waals surface area (Å²) in [6.07, 6.45) is 3.44. The molecule has 0 atom stereocenters. The van der Waals surface area contributed by atoms with Crippen LogP contribution in [0, 0.1) is 12.7 Å². The van der Waals surface area contributed by atoms with Gasteiger partial charge >= 0.3 is 0 Å². The second-order valence-corrected chi connectivity index (χ2v) is 6.51. The number of halogens is 1. The molecule has 1 fully saturated rings. The standard InChI is InChI=1S/C19H31FN4O/c1-15-14-17(20)5-4-16(15)8-9-22-19(21-2)23-10-11-24(12-13-25-3)18-6-7-18/h4-5,14,18H,6-13H2,1-3H3,(H2,21,22,23). The zero-order chi connectivity index (χ0) is 18.1. The summed E-state index contributed by atoms with van der Waals surface area (Å²) in [7, 11) is 3.53. The van der Waals surface area contributed by atoms with Crippen LogP contribution in [0.3, 0.4) is 0 Å². The number of hydrogen-bond acceptors (Lipinski definition) is 3. The van der Waals surface area contributed by atoms with E-state index in [1.54, 1.807) is 20.2 Å². The van der Waals surface area contributed by atoms with Crippen molar-refractivity contribution in [2.24, 2.45) is 4.99 Å². The first kappa shape index (κ1) is 19.7. The van der Waals surface area contributed by atoms with Crippen molar-refractivity contribution in [2.45, 2.75) is 32.2 Å². The van der Waals surface area contributed by atoms with E-state index in [9.17, 15) is 4.39 Å². The molecule has 140 valence electrons. The highest BCUT2D eigenvalue weighted by Crippen LogP contribution is 2.25. The highest BCUT2D eigenvalue weighted by molar-refractivity contribution is 5.79. The maximum atomic E-state index is 13.1. The monoisotopic (exact) mass is 350 g/mol. The highest BCUT2D eigenvalue weighted by atomic mass is 19.1. The minimum atomic E-state index is -0.180. The van der Waals surface area contributed by atoms with Gasteiger partial charge in [0.05, 0.1) is 6.61 Å². The second-order valence-electron chi connectivity index (χ2n) is 6.51. The van der Waals surface area contributed by atoms with E-state index in [0.29, 0.717) is 0 Å². The average Bonchev–Trinajstić information content (AvgIpc) is 3.43. The van der Waals surface area contributed by atoms with Gasteiger partial charge in [-0.1, -0.05) is 6.07 Å². The summed E-state index contributed by atoms with van der Waals surface area (Å²) in [4.78, 5) is 6.74. The van der Waals surface area contributed by atoms with Crippen molar-refractivity contribution in [1.29, 1.82) is 0 Å². The summed E-state index contributed by atoms with van der Waals surface area (Å²) in [5, 5.41) is 6.69. The Hall–Kier alpha value is -1.66. The van der Waals surface area contributed by atoms with Gasteiger partial charge in [-0.3, -0.25) is 9.89 Å². The summed E-state index contributed by atoms with van der Waals surface area (Å²) >= 11 is 0. The van der Waals surface area contributed by atoms with Crippen LogP contribution >= 0.6 is 0 Å². The first-order valence-electron chi connectivity index (χ1n) is 9.06. The Bertz CT molecular complexity index is 560. The molecule has 0 bridgehead atoms. The highest BCUT2D eigenvalue weighted by Gasteiger charge is 2.28. The van der Waals surface area contributed by atoms with Gasteiger partial charge < -0.3 is 15.4 Å². The van der Waals surface area contributed by atoms with Crippen molar-refractivity contribution in [3.63, 3.8) is 0 Å². The molecule has 25 heavy (non-hydrogen) atoms. The molecule has 1 saturated carbocycles. The van der Waals surface area contributed by atoms with Crippen LogP contribution in [0.5, 0.6) is 0 Å². The van der Waals surface area contributed by atoms with Gasteiger partial charge in [0.2, 0.25) is 0 Å². The van der Waals surface area contributed by atoms with Gasteiger partial charge in [0.15, 0.2) is 5.96 Å². The Labute approximate surface area is 150 Å². The summed E-state index contributed by atoms with van der Waals surface area (Å²) in [6, 6.07) is 5.68. The zero-order valence-corrected chi connectivity index (χ0v) is 15.6. The molecule has 0 aromatic heterocycles. The number of nitrogens with zero attached hydrogens (tertiary/aromatic N) is 2. The summed E-state index contributed by atoms with van der Waals surface area (Å²) in [5.74, 6) is 0.627. The number of ether oxygens (including phenoxy) is 1. The Morgan fingerprint density at radius 3 is 2.68 bits per heavy atom. The van der Waals surface area contributed by atoms with Gasteiger partial charge in [-0.25, -0.2) is 4.39 Å². The van der Waals surface area contributed by atoms with E-state index in [1.165, 1.54) is 18.9 Å². The maximum absolute atomic E-state index is 13.1. The predicted molar refractivity (Wildman–Crippen MR) is 101 cm³/mol. The van der Waals surface area contributed by atoms with E-state index in [1.807, 2.05) is 13.0 Å². The molecule has 1 aromatic carbocycles.